The maximum absolute atomic E-state index is 6.00. The van der Waals surface area contributed by atoms with E-state index in [4.69, 9.17) is 27.9 Å². The zero-order valence-corrected chi connectivity index (χ0v) is 11.1. The van der Waals surface area contributed by atoms with Gasteiger partial charge in [0, 0.05) is 18.1 Å². The second-order valence-corrected chi connectivity index (χ2v) is 4.61. The number of rotatable bonds is 3. The summed E-state index contributed by atoms with van der Waals surface area (Å²) in [6.45, 7) is 2.35. The summed E-state index contributed by atoms with van der Waals surface area (Å²) in [6, 6.07) is 7.12. The minimum absolute atomic E-state index is 0.414. The maximum Gasteiger partial charge on any atom is 0.139 e. The van der Waals surface area contributed by atoms with Crippen molar-refractivity contribution < 1.29 is 4.74 Å². The molecule has 0 saturated carbocycles. The molecule has 1 heterocycles. The van der Waals surface area contributed by atoms with E-state index >= 15 is 0 Å². The van der Waals surface area contributed by atoms with E-state index in [9.17, 15) is 0 Å². The molecule has 0 bridgehead atoms. The van der Waals surface area contributed by atoms with Crippen molar-refractivity contribution in [2.24, 2.45) is 7.05 Å². The Bertz CT molecular complexity index is 537. The number of ether oxygens (including phenoxy) is 1. The van der Waals surface area contributed by atoms with E-state index in [1.165, 1.54) is 0 Å². The van der Waals surface area contributed by atoms with Gasteiger partial charge in [-0.2, -0.15) is 5.10 Å². The number of aromatic nitrogens is 2. The van der Waals surface area contributed by atoms with Crippen molar-refractivity contribution >= 4 is 23.2 Å². The summed E-state index contributed by atoms with van der Waals surface area (Å²) in [7, 11) is 1.88. The molecule has 0 radical (unpaired) electrons. The Balaban J connectivity index is 2.12. The van der Waals surface area contributed by atoms with Gasteiger partial charge in [-0.05, 0) is 25.1 Å². The molecular formula is C12H12Cl2N2O. The second-order valence-electron chi connectivity index (χ2n) is 3.76. The van der Waals surface area contributed by atoms with Gasteiger partial charge in [0.15, 0.2) is 0 Å². The molecule has 90 valence electrons. The molecule has 0 spiro atoms. The number of benzene rings is 1. The molecule has 0 N–H and O–H groups in total. The normalized spacial score (nSPS) is 10.6. The molecule has 0 aliphatic heterocycles. The van der Waals surface area contributed by atoms with Crippen LogP contribution < -0.4 is 4.74 Å². The van der Waals surface area contributed by atoms with Crippen molar-refractivity contribution in [1.82, 2.24) is 9.78 Å². The molecule has 1 aromatic carbocycles. The van der Waals surface area contributed by atoms with Crippen LogP contribution in [-0.2, 0) is 13.7 Å². The van der Waals surface area contributed by atoms with E-state index in [-0.39, 0.29) is 0 Å². The highest BCUT2D eigenvalue weighted by Gasteiger charge is 2.06. The minimum Gasteiger partial charge on any atom is -0.486 e. The standard InChI is InChI=1S/C12H12Cl2N2O/c1-8-5-10(16(2)15-8)7-17-12-6-9(13)3-4-11(12)14/h3-6H,7H2,1-2H3. The molecule has 3 nitrogen and oxygen atoms in total. The zero-order valence-electron chi connectivity index (χ0n) is 9.58. The molecule has 0 saturated heterocycles. The van der Waals surface area contributed by atoms with E-state index in [0.29, 0.717) is 22.4 Å². The van der Waals surface area contributed by atoms with Gasteiger partial charge in [-0.3, -0.25) is 4.68 Å². The predicted molar refractivity (Wildman–Crippen MR) is 68.7 cm³/mol. The molecule has 0 atom stereocenters. The Hall–Kier alpha value is -1.19. The lowest BCUT2D eigenvalue weighted by atomic mass is 10.3. The van der Waals surface area contributed by atoms with Gasteiger partial charge in [0.2, 0.25) is 0 Å². The monoisotopic (exact) mass is 270 g/mol. The Morgan fingerprint density at radius 2 is 2.06 bits per heavy atom. The summed E-state index contributed by atoms with van der Waals surface area (Å²) >= 11 is 11.9. The number of nitrogens with zero attached hydrogens (tertiary/aromatic N) is 2. The van der Waals surface area contributed by atoms with Crippen LogP contribution in [0.15, 0.2) is 24.3 Å². The molecule has 0 aliphatic carbocycles. The number of hydrogen-bond donors (Lipinski definition) is 0. The minimum atomic E-state index is 0.414. The van der Waals surface area contributed by atoms with Crippen LogP contribution in [0.5, 0.6) is 5.75 Å². The summed E-state index contributed by atoms with van der Waals surface area (Å²) in [6.07, 6.45) is 0. The van der Waals surface area contributed by atoms with E-state index < -0.39 is 0 Å². The number of aryl methyl sites for hydroxylation is 2. The fourth-order valence-corrected chi connectivity index (χ4v) is 1.87. The topological polar surface area (TPSA) is 27.1 Å². The highest BCUT2D eigenvalue weighted by molar-refractivity contribution is 6.34. The SMILES string of the molecule is Cc1cc(COc2cc(Cl)ccc2Cl)n(C)n1. The number of hydrogen-bond acceptors (Lipinski definition) is 2. The first-order valence-electron chi connectivity index (χ1n) is 5.13. The molecular weight excluding hydrogens is 259 g/mol. The Labute approximate surface area is 110 Å². The van der Waals surface area contributed by atoms with Gasteiger partial charge in [-0.25, -0.2) is 0 Å². The predicted octanol–water partition coefficient (Wildman–Crippen LogP) is 3.61. The van der Waals surface area contributed by atoms with Gasteiger partial charge in [-0.1, -0.05) is 23.2 Å². The first-order valence-corrected chi connectivity index (χ1v) is 5.89. The fraction of sp³-hybridized carbons (Fsp3) is 0.250. The summed E-state index contributed by atoms with van der Waals surface area (Å²) < 4.78 is 7.41. The van der Waals surface area contributed by atoms with Crippen LogP contribution in [-0.4, -0.2) is 9.78 Å². The molecule has 0 unspecified atom stereocenters. The lowest BCUT2D eigenvalue weighted by Crippen LogP contribution is -2.03. The van der Waals surface area contributed by atoms with Crippen molar-refractivity contribution in [3.8, 4) is 5.75 Å². The lowest BCUT2D eigenvalue weighted by molar-refractivity contribution is 0.295. The highest BCUT2D eigenvalue weighted by atomic mass is 35.5. The third-order valence-corrected chi connectivity index (χ3v) is 2.92. The molecule has 0 fully saturated rings. The van der Waals surface area contributed by atoms with E-state index in [1.54, 1.807) is 22.9 Å². The van der Waals surface area contributed by atoms with E-state index in [1.807, 2.05) is 20.0 Å². The van der Waals surface area contributed by atoms with Crippen LogP contribution in [0, 0.1) is 6.92 Å². The van der Waals surface area contributed by atoms with Gasteiger partial charge < -0.3 is 4.74 Å². The van der Waals surface area contributed by atoms with Crippen LogP contribution in [0.25, 0.3) is 0 Å². The van der Waals surface area contributed by atoms with Crippen molar-refractivity contribution in [3.05, 3.63) is 45.7 Å². The van der Waals surface area contributed by atoms with Crippen LogP contribution in [0.1, 0.15) is 11.4 Å². The van der Waals surface area contributed by atoms with Crippen LogP contribution in [0.2, 0.25) is 10.0 Å². The summed E-state index contributed by atoms with van der Waals surface area (Å²) in [4.78, 5) is 0. The fourth-order valence-electron chi connectivity index (χ4n) is 1.54. The van der Waals surface area contributed by atoms with E-state index in [2.05, 4.69) is 5.10 Å². The van der Waals surface area contributed by atoms with Crippen molar-refractivity contribution in [1.29, 1.82) is 0 Å². The van der Waals surface area contributed by atoms with Crippen LogP contribution >= 0.6 is 23.2 Å². The van der Waals surface area contributed by atoms with Crippen molar-refractivity contribution in [2.75, 3.05) is 0 Å². The summed E-state index contributed by atoms with van der Waals surface area (Å²) in [5.74, 6) is 0.581. The third kappa shape index (κ3) is 2.93. The van der Waals surface area contributed by atoms with Crippen LogP contribution in [0.4, 0.5) is 0 Å². The zero-order chi connectivity index (χ0) is 12.4. The average molecular weight is 271 g/mol. The largest absolute Gasteiger partial charge is 0.486 e. The number of halogens is 2. The van der Waals surface area contributed by atoms with Crippen LogP contribution in [0.3, 0.4) is 0 Å². The molecule has 2 aromatic rings. The molecule has 17 heavy (non-hydrogen) atoms. The third-order valence-electron chi connectivity index (χ3n) is 2.37. The summed E-state index contributed by atoms with van der Waals surface area (Å²) in [5.41, 5.74) is 1.95. The molecule has 2 rings (SSSR count). The first-order chi connectivity index (χ1) is 8.06. The Morgan fingerprint density at radius 3 is 2.71 bits per heavy atom. The van der Waals surface area contributed by atoms with Gasteiger partial charge in [0.1, 0.15) is 12.4 Å². The second kappa shape index (κ2) is 4.98. The highest BCUT2D eigenvalue weighted by Crippen LogP contribution is 2.28. The van der Waals surface area contributed by atoms with Gasteiger partial charge in [0.25, 0.3) is 0 Å². The Kier molecular flexibility index (Phi) is 3.60. The maximum atomic E-state index is 6.00. The molecule has 1 aromatic heterocycles. The Morgan fingerprint density at radius 1 is 1.29 bits per heavy atom. The van der Waals surface area contributed by atoms with Gasteiger partial charge in [-0.15, -0.1) is 0 Å². The quantitative estimate of drug-likeness (QED) is 0.852. The molecule has 0 amide bonds. The lowest BCUT2D eigenvalue weighted by Gasteiger charge is -2.08. The molecule has 0 aliphatic rings. The smallest absolute Gasteiger partial charge is 0.139 e. The van der Waals surface area contributed by atoms with Crippen molar-refractivity contribution in [2.45, 2.75) is 13.5 Å². The summed E-state index contributed by atoms with van der Waals surface area (Å²) in [5, 5.41) is 5.39. The van der Waals surface area contributed by atoms with E-state index in [0.717, 1.165) is 11.4 Å². The first kappa shape index (κ1) is 12.3. The van der Waals surface area contributed by atoms with Gasteiger partial charge >= 0.3 is 0 Å². The van der Waals surface area contributed by atoms with Gasteiger partial charge in [0.05, 0.1) is 16.4 Å². The van der Waals surface area contributed by atoms with Crippen molar-refractivity contribution in [3.63, 3.8) is 0 Å². The average Bonchev–Trinajstić information content (AvgIpc) is 2.59. The molecule has 5 heteroatoms.